The SMILES string of the molecule is CON=C(C(=O)NC1C(=O)N2C(C(=O)O)=C(C)CS[C@H]12)c1ccc2cccc(Cl)c2c1. The number of carboxylic acids is 1. The Morgan fingerprint density at radius 3 is 2.81 bits per heavy atom. The van der Waals surface area contributed by atoms with Crippen molar-refractivity contribution < 1.29 is 24.3 Å². The van der Waals surface area contributed by atoms with Crippen LogP contribution in [0.4, 0.5) is 0 Å². The van der Waals surface area contributed by atoms with Crippen molar-refractivity contribution in [3.8, 4) is 0 Å². The summed E-state index contributed by atoms with van der Waals surface area (Å²) in [7, 11) is 1.32. The van der Waals surface area contributed by atoms with Crippen molar-refractivity contribution in [2.45, 2.75) is 18.3 Å². The van der Waals surface area contributed by atoms with Gasteiger partial charge in [0.25, 0.3) is 11.8 Å². The van der Waals surface area contributed by atoms with Crippen LogP contribution in [-0.2, 0) is 19.2 Å². The lowest BCUT2D eigenvalue weighted by molar-refractivity contribution is -0.150. The lowest BCUT2D eigenvalue weighted by atomic mass is 10.0. The second-order valence-electron chi connectivity index (χ2n) is 7.09. The van der Waals surface area contributed by atoms with Crippen LogP contribution in [0.3, 0.4) is 0 Å². The average Bonchev–Trinajstić information content (AvgIpc) is 2.75. The van der Waals surface area contributed by atoms with Crippen LogP contribution >= 0.6 is 23.4 Å². The van der Waals surface area contributed by atoms with Crippen molar-refractivity contribution in [3.63, 3.8) is 0 Å². The molecule has 10 heteroatoms. The molecule has 2 atom stereocenters. The highest BCUT2D eigenvalue weighted by atomic mass is 35.5. The number of hydrogen-bond donors (Lipinski definition) is 2. The maximum atomic E-state index is 13.0. The second kappa shape index (κ2) is 8.24. The number of β-lactam (4-membered cyclic amide) rings is 1. The largest absolute Gasteiger partial charge is 0.477 e. The molecule has 2 heterocycles. The number of thioether (sulfide) groups is 1. The van der Waals surface area contributed by atoms with Gasteiger partial charge < -0.3 is 15.3 Å². The maximum Gasteiger partial charge on any atom is 0.352 e. The lowest BCUT2D eigenvalue weighted by Gasteiger charge is -2.49. The summed E-state index contributed by atoms with van der Waals surface area (Å²) < 4.78 is 0. The first-order chi connectivity index (χ1) is 14.8. The van der Waals surface area contributed by atoms with Gasteiger partial charge in [-0.15, -0.1) is 11.8 Å². The van der Waals surface area contributed by atoms with Gasteiger partial charge in [-0.3, -0.25) is 14.5 Å². The predicted octanol–water partition coefficient (Wildman–Crippen LogP) is 2.60. The molecule has 4 rings (SSSR count). The van der Waals surface area contributed by atoms with E-state index in [1.165, 1.54) is 23.8 Å². The number of fused-ring (bicyclic) bond motifs is 2. The summed E-state index contributed by atoms with van der Waals surface area (Å²) in [5, 5.41) is 17.7. The molecule has 0 saturated carbocycles. The van der Waals surface area contributed by atoms with E-state index in [0.29, 0.717) is 21.9 Å². The van der Waals surface area contributed by atoms with E-state index in [9.17, 15) is 19.5 Å². The number of hydrogen-bond acceptors (Lipinski definition) is 6. The normalized spacial score (nSPS) is 20.9. The molecule has 1 saturated heterocycles. The molecular weight excluding hydrogens is 442 g/mol. The number of carboxylic acid groups (broad SMARTS) is 1. The van der Waals surface area contributed by atoms with Crippen molar-refractivity contribution in [2.75, 3.05) is 12.9 Å². The number of benzene rings is 2. The zero-order valence-corrected chi connectivity index (χ0v) is 18.2. The smallest absolute Gasteiger partial charge is 0.352 e. The molecule has 2 aliphatic rings. The Hall–Kier alpha value is -3.04. The first kappa shape index (κ1) is 21.2. The Morgan fingerprint density at radius 2 is 2.10 bits per heavy atom. The molecule has 160 valence electrons. The Morgan fingerprint density at radius 1 is 1.32 bits per heavy atom. The van der Waals surface area contributed by atoms with Gasteiger partial charge in [0.05, 0.1) is 0 Å². The number of oxime groups is 1. The van der Waals surface area contributed by atoms with Crippen LogP contribution in [0.2, 0.25) is 5.02 Å². The lowest BCUT2D eigenvalue weighted by Crippen LogP contribution is -2.71. The molecule has 2 aromatic carbocycles. The van der Waals surface area contributed by atoms with Crippen LogP contribution < -0.4 is 5.32 Å². The van der Waals surface area contributed by atoms with Gasteiger partial charge in [0.1, 0.15) is 24.2 Å². The Bertz CT molecular complexity index is 1180. The van der Waals surface area contributed by atoms with Gasteiger partial charge in [-0.2, -0.15) is 0 Å². The van der Waals surface area contributed by atoms with Crippen LogP contribution in [0.5, 0.6) is 0 Å². The van der Waals surface area contributed by atoms with E-state index in [1.807, 2.05) is 18.2 Å². The third kappa shape index (κ3) is 3.64. The van der Waals surface area contributed by atoms with Crippen LogP contribution in [0.1, 0.15) is 12.5 Å². The molecule has 31 heavy (non-hydrogen) atoms. The van der Waals surface area contributed by atoms with Gasteiger partial charge in [0.2, 0.25) is 0 Å². The van der Waals surface area contributed by atoms with Crippen molar-refractivity contribution in [1.29, 1.82) is 0 Å². The molecule has 2 N–H and O–H groups in total. The van der Waals surface area contributed by atoms with Crippen LogP contribution in [0, 0.1) is 0 Å². The van der Waals surface area contributed by atoms with E-state index in [-0.39, 0.29) is 11.4 Å². The fourth-order valence-electron chi connectivity index (χ4n) is 3.68. The number of carbonyl (C=O) groups excluding carboxylic acids is 2. The van der Waals surface area contributed by atoms with Crippen LogP contribution in [0.25, 0.3) is 10.8 Å². The van der Waals surface area contributed by atoms with E-state index in [4.69, 9.17) is 16.4 Å². The first-order valence-electron chi connectivity index (χ1n) is 9.32. The molecule has 0 aromatic heterocycles. The van der Waals surface area contributed by atoms with Gasteiger partial charge in [-0.25, -0.2) is 4.79 Å². The first-order valence-corrected chi connectivity index (χ1v) is 10.7. The summed E-state index contributed by atoms with van der Waals surface area (Å²) in [5.41, 5.74) is 1.05. The third-order valence-electron chi connectivity index (χ3n) is 5.15. The summed E-state index contributed by atoms with van der Waals surface area (Å²) >= 11 is 7.68. The van der Waals surface area contributed by atoms with E-state index >= 15 is 0 Å². The highest BCUT2D eigenvalue weighted by Crippen LogP contribution is 2.40. The quantitative estimate of drug-likeness (QED) is 0.404. The molecule has 8 nitrogen and oxygen atoms in total. The number of nitrogens with zero attached hydrogens (tertiary/aromatic N) is 2. The maximum absolute atomic E-state index is 13.0. The van der Waals surface area contributed by atoms with Crippen molar-refractivity contribution >= 4 is 57.6 Å². The molecule has 2 amide bonds. The molecule has 2 aliphatic heterocycles. The minimum Gasteiger partial charge on any atom is -0.477 e. The highest BCUT2D eigenvalue weighted by Gasteiger charge is 2.54. The Kier molecular flexibility index (Phi) is 5.63. The van der Waals surface area contributed by atoms with E-state index in [1.54, 1.807) is 25.1 Å². The van der Waals surface area contributed by atoms with Gasteiger partial charge in [0, 0.05) is 21.7 Å². The molecule has 0 aliphatic carbocycles. The summed E-state index contributed by atoms with van der Waals surface area (Å²) in [6, 6.07) is 9.89. The summed E-state index contributed by atoms with van der Waals surface area (Å²) in [6.45, 7) is 1.68. The summed E-state index contributed by atoms with van der Waals surface area (Å²) in [4.78, 5) is 43.3. The molecule has 0 radical (unpaired) electrons. The standard InChI is InChI=1S/C21H18ClN3O5S/c1-10-9-31-20-16(19(27)25(20)17(10)21(28)29)23-18(26)15(24-30-2)12-7-6-11-4-3-5-14(22)13(11)8-12/h3-8,16,20H,9H2,1-2H3,(H,23,26)(H,28,29)/t16?,20-/m1/s1. The van der Waals surface area contributed by atoms with Gasteiger partial charge >= 0.3 is 5.97 Å². The van der Waals surface area contributed by atoms with Crippen molar-refractivity contribution in [1.82, 2.24) is 10.2 Å². The topological polar surface area (TPSA) is 108 Å². The minimum absolute atomic E-state index is 0.0124. The van der Waals surface area contributed by atoms with Gasteiger partial charge in [-0.1, -0.05) is 41.0 Å². The molecule has 1 fully saturated rings. The minimum atomic E-state index is -1.16. The molecule has 0 spiro atoms. The monoisotopic (exact) mass is 459 g/mol. The van der Waals surface area contributed by atoms with E-state index in [2.05, 4.69) is 10.5 Å². The fourth-order valence-corrected chi connectivity index (χ4v) is 5.21. The summed E-state index contributed by atoms with van der Waals surface area (Å²) in [5.74, 6) is -1.77. The van der Waals surface area contributed by atoms with Gasteiger partial charge in [-0.05, 0) is 30.0 Å². The van der Waals surface area contributed by atoms with Crippen molar-refractivity contribution in [3.05, 3.63) is 58.3 Å². The zero-order chi connectivity index (χ0) is 22.3. The van der Waals surface area contributed by atoms with Gasteiger partial charge in [0.15, 0.2) is 5.71 Å². The predicted molar refractivity (Wildman–Crippen MR) is 118 cm³/mol. The Balaban J connectivity index is 1.59. The zero-order valence-electron chi connectivity index (χ0n) is 16.6. The number of aliphatic carboxylic acids is 1. The number of rotatable bonds is 5. The molecule has 0 bridgehead atoms. The van der Waals surface area contributed by atoms with Crippen molar-refractivity contribution in [2.24, 2.45) is 5.16 Å². The van der Waals surface area contributed by atoms with E-state index in [0.717, 1.165) is 10.8 Å². The highest BCUT2D eigenvalue weighted by molar-refractivity contribution is 8.00. The number of halogens is 1. The average molecular weight is 460 g/mol. The van der Waals surface area contributed by atoms with Crippen LogP contribution in [0.15, 0.2) is 52.8 Å². The van der Waals surface area contributed by atoms with E-state index < -0.39 is 29.2 Å². The Labute approximate surface area is 186 Å². The number of nitrogens with one attached hydrogen (secondary N) is 1. The summed E-state index contributed by atoms with van der Waals surface area (Å²) in [6.07, 6.45) is 0. The third-order valence-corrected chi connectivity index (χ3v) is 6.90. The van der Waals surface area contributed by atoms with Crippen LogP contribution in [-0.4, -0.2) is 57.8 Å². The molecule has 1 unspecified atom stereocenters. The number of amides is 2. The molecular formula is C21H18ClN3O5S. The number of carbonyl (C=O) groups is 3. The fraction of sp³-hybridized carbons (Fsp3) is 0.238. The second-order valence-corrected chi connectivity index (χ2v) is 8.61. The molecule has 2 aromatic rings.